The number of aromatic nitrogens is 4. The molecule has 2 fully saturated rings. The van der Waals surface area contributed by atoms with Gasteiger partial charge in [-0.3, -0.25) is 0 Å². The molecule has 0 N–H and O–H groups in total. The SMILES string of the molecule is C[PH](c1ccnn1-c1c(-c2ccccc2)nn(-c2ccccc2)c1-c1ccccc1)(C1CCCCC1)C1CCCCC1. The topological polar surface area (TPSA) is 35.6 Å². The minimum atomic E-state index is -1.95. The molecule has 216 valence electrons. The van der Waals surface area contributed by atoms with Gasteiger partial charge < -0.3 is 0 Å². The van der Waals surface area contributed by atoms with Crippen LogP contribution in [0.1, 0.15) is 64.2 Å². The van der Waals surface area contributed by atoms with Crippen molar-refractivity contribution in [3.8, 4) is 33.9 Å². The van der Waals surface area contributed by atoms with Crippen LogP contribution < -0.4 is 5.44 Å². The first kappa shape index (κ1) is 27.3. The molecular weight excluding hydrogens is 531 g/mol. The van der Waals surface area contributed by atoms with Gasteiger partial charge in [-0.05, 0) is 0 Å². The summed E-state index contributed by atoms with van der Waals surface area (Å²) >= 11 is 0. The summed E-state index contributed by atoms with van der Waals surface area (Å²) in [4.78, 5) is 0. The third-order valence-corrected chi connectivity index (χ3v) is 16.3. The number of benzene rings is 3. The number of hydrogen-bond donors (Lipinski definition) is 0. The van der Waals surface area contributed by atoms with Crippen LogP contribution in [-0.2, 0) is 0 Å². The van der Waals surface area contributed by atoms with E-state index in [1.807, 2.05) is 0 Å². The Morgan fingerprint density at radius 2 is 1.12 bits per heavy atom. The summed E-state index contributed by atoms with van der Waals surface area (Å²) < 4.78 is 4.52. The molecule has 0 saturated heterocycles. The van der Waals surface area contributed by atoms with Crippen molar-refractivity contribution in [2.45, 2.75) is 75.5 Å². The fraction of sp³-hybridized carbons (Fsp3) is 0.351. The summed E-state index contributed by atoms with van der Waals surface area (Å²) in [5.41, 5.74) is 9.69. The molecule has 0 aliphatic heterocycles. The summed E-state index contributed by atoms with van der Waals surface area (Å²) in [6.07, 6.45) is 15.9. The van der Waals surface area contributed by atoms with Gasteiger partial charge in [-0.1, -0.05) is 0 Å². The molecule has 0 unspecified atom stereocenters. The van der Waals surface area contributed by atoms with Crippen molar-refractivity contribution >= 4 is 12.7 Å². The van der Waals surface area contributed by atoms with Crippen LogP contribution in [0.4, 0.5) is 0 Å². The van der Waals surface area contributed by atoms with E-state index in [0.29, 0.717) is 0 Å². The van der Waals surface area contributed by atoms with Crippen molar-refractivity contribution < 1.29 is 0 Å². The van der Waals surface area contributed by atoms with Crippen molar-refractivity contribution in [1.82, 2.24) is 19.6 Å². The van der Waals surface area contributed by atoms with Gasteiger partial charge in [0.1, 0.15) is 0 Å². The Balaban J connectivity index is 1.51. The van der Waals surface area contributed by atoms with Crippen LogP contribution in [-0.4, -0.2) is 37.5 Å². The number of para-hydroxylation sites is 1. The summed E-state index contributed by atoms with van der Waals surface area (Å²) in [6, 6.07) is 34.5. The van der Waals surface area contributed by atoms with Gasteiger partial charge in [0, 0.05) is 0 Å². The minimum absolute atomic E-state index is 0.814. The molecule has 2 aromatic heterocycles. The molecule has 2 aliphatic carbocycles. The van der Waals surface area contributed by atoms with Gasteiger partial charge >= 0.3 is 252 Å². The molecule has 5 heteroatoms. The predicted octanol–water partition coefficient (Wildman–Crippen LogP) is 9.06. The van der Waals surface area contributed by atoms with E-state index < -0.39 is 7.26 Å². The monoisotopic (exact) mass is 574 g/mol. The van der Waals surface area contributed by atoms with Crippen LogP contribution in [0.15, 0.2) is 103 Å². The first-order chi connectivity index (χ1) is 20.7. The standard InChI is InChI=1S/C37H43N4P/c1-42(32-23-13-5-14-24-32,33-25-15-6-16-26-33)34-27-28-38-41(34)37-35(29-17-7-2-8-18-29)39-40(31-21-11-4-12-22-31)36(37)30-19-9-3-10-20-30/h2-4,7-12,17-22,27-28,32-33,42H,5-6,13-16,23-26H2,1H3. The molecule has 5 aromatic rings. The van der Waals surface area contributed by atoms with Crippen LogP contribution in [0.25, 0.3) is 33.9 Å². The zero-order chi connectivity index (χ0) is 28.4. The molecule has 3 aromatic carbocycles. The van der Waals surface area contributed by atoms with Crippen molar-refractivity contribution in [3.63, 3.8) is 0 Å². The molecule has 0 amide bonds. The second-order valence-corrected chi connectivity index (χ2v) is 17.3. The van der Waals surface area contributed by atoms with Crippen LogP contribution in [0.3, 0.4) is 0 Å². The quantitative estimate of drug-likeness (QED) is 0.182. The first-order valence-electron chi connectivity index (χ1n) is 16.1. The average Bonchev–Trinajstić information content (AvgIpc) is 3.72. The van der Waals surface area contributed by atoms with Crippen molar-refractivity contribution in [1.29, 1.82) is 0 Å². The molecule has 4 nitrogen and oxygen atoms in total. The van der Waals surface area contributed by atoms with E-state index in [0.717, 1.165) is 45.2 Å². The van der Waals surface area contributed by atoms with E-state index in [1.165, 1.54) is 69.6 Å². The van der Waals surface area contributed by atoms with Gasteiger partial charge in [0.2, 0.25) is 0 Å². The molecule has 2 heterocycles. The van der Waals surface area contributed by atoms with Crippen molar-refractivity contribution in [2.75, 3.05) is 6.66 Å². The third kappa shape index (κ3) is 4.94. The molecule has 0 bridgehead atoms. The molecule has 0 spiro atoms. The second kappa shape index (κ2) is 12.0. The number of rotatable bonds is 7. The van der Waals surface area contributed by atoms with Crippen LogP contribution >= 0.6 is 7.26 Å². The van der Waals surface area contributed by atoms with Gasteiger partial charge in [0.05, 0.1) is 0 Å². The Bertz CT molecular complexity index is 1580. The molecule has 2 saturated carbocycles. The Hall–Kier alpha value is -3.49. The van der Waals surface area contributed by atoms with E-state index in [4.69, 9.17) is 10.2 Å². The van der Waals surface area contributed by atoms with Crippen LogP contribution in [0, 0.1) is 0 Å². The molecule has 42 heavy (non-hydrogen) atoms. The van der Waals surface area contributed by atoms with E-state index in [2.05, 4.69) is 119 Å². The summed E-state index contributed by atoms with van der Waals surface area (Å²) in [7, 11) is -1.95. The fourth-order valence-corrected chi connectivity index (χ4v) is 13.8. The van der Waals surface area contributed by atoms with E-state index >= 15 is 0 Å². The van der Waals surface area contributed by atoms with Crippen LogP contribution in [0.2, 0.25) is 0 Å². The predicted molar refractivity (Wildman–Crippen MR) is 179 cm³/mol. The third-order valence-electron chi connectivity index (χ3n) is 10.3. The molecule has 2 aliphatic rings. The van der Waals surface area contributed by atoms with Gasteiger partial charge in [-0.15, -0.1) is 0 Å². The zero-order valence-electron chi connectivity index (χ0n) is 24.8. The van der Waals surface area contributed by atoms with E-state index in [9.17, 15) is 0 Å². The number of nitrogens with zero attached hydrogens (tertiary/aromatic N) is 4. The molecule has 0 radical (unpaired) electrons. The molecule has 7 rings (SSSR count). The Morgan fingerprint density at radius 1 is 0.595 bits per heavy atom. The molecular formula is C37H43N4P. The van der Waals surface area contributed by atoms with Gasteiger partial charge in [-0.2, -0.15) is 0 Å². The Kier molecular flexibility index (Phi) is 7.82. The van der Waals surface area contributed by atoms with Gasteiger partial charge in [0.15, 0.2) is 0 Å². The van der Waals surface area contributed by atoms with Crippen LogP contribution in [0.5, 0.6) is 0 Å². The maximum atomic E-state index is 5.40. The average molecular weight is 575 g/mol. The first-order valence-corrected chi connectivity index (χ1v) is 18.7. The number of hydrogen-bond acceptors (Lipinski definition) is 2. The summed E-state index contributed by atoms with van der Waals surface area (Å²) in [5.74, 6) is 0. The maximum absolute atomic E-state index is 5.40. The summed E-state index contributed by atoms with van der Waals surface area (Å²) in [5, 5.41) is 10.6. The molecule has 0 atom stereocenters. The van der Waals surface area contributed by atoms with E-state index in [1.54, 1.807) is 0 Å². The normalized spacial score (nSPS) is 17.4. The fourth-order valence-electron chi connectivity index (χ4n) is 8.06. The Morgan fingerprint density at radius 3 is 1.69 bits per heavy atom. The van der Waals surface area contributed by atoms with Gasteiger partial charge in [-0.25, -0.2) is 0 Å². The Labute approximate surface area is 251 Å². The summed E-state index contributed by atoms with van der Waals surface area (Å²) in [6.45, 7) is 2.73. The second-order valence-electron chi connectivity index (χ2n) is 12.6. The van der Waals surface area contributed by atoms with Gasteiger partial charge in [0.25, 0.3) is 0 Å². The van der Waals surface area contributed by atoms with Crippen molar-refractivity contribution in [3.05, 3.63) is 103 Å². The zero-order valence-corrected chi connectivity index (χ0v) is 25.8. The van der Waals surface area contributed by atoms with Crippen molar-refractivity contribution in [2.24, 2.45) is 0 Å². The van der Waals surface area contributed by atoms with E-state index in [-0.39, 0.29) is 0 Å².